The predicted octanol–water partition coefficient (Wildman–Crippen LogP) is 2.49. The van der Waals surface area contributed by atoms with Gasteiger partial charge in [0.15, 0.2) is 0 Å². The molecule has 1 aromatic carbocycles. The third kappa shape index (κ3) is 2.46. The first-order chi connectivity index (χ1) is 6.97. The van der Waals surface area contributed by atoms with E-state index in [0.717, 1.165) is 19.2 Å². The van der Waals surface area contributed by atoms with Gasteiger partial charge in [0.25, 0.3) is 5.78 Å². The number of carbonyl (C=O) groups excluding carboxylic acids is 2. The number of carbonyl (C=O) groups is 2. The summed E-state index contributed by atoms with van der Waals surface area (Å²) in [6, 6.07) is 1.85. The highest BCUT2D eigenvalue weighted by Crippen LogP contribution is 2.24. The molecule has 0 saturated carbocycles. The van der Waals surface area contributed by atoms with Gasteiger partial charge < -0.3 is 4.74 Å². The highest BCUT2D eigenvalue weighted by molar-refractivity contribution is 6.46. The van der Waals surface area contributed by atoms with Gasteiger partial charge in [0, 0.05) is 5.56 Å². The van der Waals surface area contributed by atoms with Crippen molar-refractivity contribution >= 4 is 35.0 Å². The summed E-state index contributed by atoms with van der Waals surface area (Å²) in [7, 11) is 1.05. The van der Waals surface area contributed by atoms with E-state index in [1.165, 1.54) is 0 Å². The van der Waals surface area contributed by atoms with Gasteiger partial charge in [0.2, 0.25) is 0 Å². The monoisotopic (exact) mass is 250 g/mol. The molecule has 0 atom stereocenters. The Bertz CT molecular complexity index is 432. The Morgan fingerprint density at radius 3 is 2.40 bits per heavy atom. The number of ketones is 1. The fourth-order valence-electron chi connectivity index (χ4n) is 0.899. The molecule has 0 fully saturated rings. The van der Waals surface area contributed by atoms with Crippen LogP contribution in [0.5, 0.6) is 0 Å². The Balaban J connectivity index is 3.21. The molecule has 0 amide bonds. The maximum atomic E-state index is 12.9. The summed E-state index contributed by atoms with van der Waals surface area (Å²) < 4.78 is 17.1. The average Bonchev–Trinajstić information content (AvgIpc) is 2.21. The first kappa shape index (κ1) is 11.9. The first-order valence-corrected chi connectivity index (χ1v) is 4.50. The summed E-state index contributed by atoms with van der Waals surface area (Å²) in [4.78, 5) is 22.2. The van der Waals surface area contributed by atoms with Crippen LogP contribution in [0.15, 0.2) is 12.1 Å². The topological polar surface area (TPSA) is 43.4 Å². The third-order valence-electron chi connectivity index (χ3n) is 1.63. The lowest BCUT2D eigenvalue weighted by Crippen LogP contribution is -2.16. The van der Waals surface area contributed by atoms with Crippen molar-refractivity contribution in [2.45, 2.75) is 0 Å². The van der Waals surface area contributed by atoms with Crippen LogP contribution in [-0.2, 0) is 9.53 Å². The minimum absolute atomic E-state index is 0.185. The highest BCUT2D eigenvalue weighted by atomic mass is 35.5. The van der Waals surface area contributed by atoms with Crippen LogP contribution < -0.4 is 0 Å². The van der Waals surface area contributed by atoms with E-state index in [1.807, 2.05) is 0 Å². The van der Waals surface area contributed by atoms with Gasteiger partial charge in [-0.15, -0.1) is 0 Å². The molecule has 0 spiro atoms. The SMILES string of the molecule is COC(=O)C(=O)c1cc(Cl)c(F)cc1Cl. The zero-order valence-electron chi connectivity index (χ0n) is 7.51. The molecule has 0 aliphatic carbocycles. The maximum Gasteiger partial charge on any atom is 0.379 e. The summed E-state index contributed by atoms with van der Waals surface area (Å²) in [5, 5.41) is -0.473. The molecule has 0 saturated heterocycles. The molecule has 0 unspecified atom stereocenters. The Hall–Kier alpha value is -1.13. The van der Waals surface area contributed by atoms with Crippen LogP contribution >= 0.6 is 23.2 Å². The van der Waals surface area contributed by atoms with Crippen LogP contribution in [0, 0.1) is 5.82 Å². The zero-order valence-corrected chi connectivity index (χ0v) is 9.03. The van der Waals surface area contributed by atoms with Gasteiger partial charge in [0.05, 0.1) is 17.2 Å². The number of ether oxygens (including phenoxy) is 1. The molecule has 15 heavy (non-hydrogen) atoms. The van der Waals surface area contributed by atoms with Crippen LogP contribution in [0.3, 0.4) is 0 Å². The number of Topliss-reactive ketones (excluding diaryl/α,β-unsaturated/α-hetero) is 1. The van der Waals surface area contributed by atoms with Crippen LogP contribution in [0.4, 0.5) is 4.39 Å². The largest absolute Gasteiger partial charge is 0.463 e. The molecule has 0 heterocycles. The van der Waals surface area contributed by atoms with Crippen LogP contribution in [0.25, 0.3) is 0 Å². The van der Waals surface area contributed by atoms with Crippen molar-refractivity contribution in [3.05, 3.63) is 33.6 Å². The van der Waals surface area contributed by atoms with E-state index in [9.17, 15) is 14.0 Å². The molecule has 1 rings (SSSR count). The van der Waals surface area contributed by atoms with Gasteiger partial charge in [-0.2, -0.15) is 0 Å². The Morgan fingerprint density at radius 2 is 1.87 bits per heavy atom. The van der Waals surface area contributed by atoms with Crippen molar-refractivity contribution in [1.29, 1.82) is 0 Å². The number of esters is 1. The number of benzene rings is 1. The number of halogens is 3. The maximum absolute atomic E-state index is 12.9. The predicted molar refractivity (Wildman–Crippen MR) is 52.8 cm³/mol. The molecular formula is C9H5Cl2FO3. The number of rotatable bonds is 2. The van der Waals surface area contributed by atoms with E-state index >= 15 is 0 Å². The molecule has 3 nitrogen and oxygen atoms in total. The van der Waals surface area contributed by atoms with E-state index in [-0.39, 0.29) is 15.6 Å². The quantitative estimate of drug-likeness (QED) is 0.351. The molecule has 0 radical (unpaired) electrons. The Morgan fingerprint density at radius 1 is 1.27 bits per heavy atom. The van der Waals surface area contributed by atoms with Crippen molar-refractivity contribution in [2.75, 3.05) is 7.11 Å². The minimum atomic E-state index is -1.08. The fourth-order valence-corrected chi connectivity index (χ4v) is 1.30. The zero-order chi connectivity index (χ0) is 11.6. The van der Waals surface area contributed by atoms with Gasteiger partial charge >= 0.3 is 5.97 Å². The molecule has 0 aromatic heterocycles. The van der Waals surface area contributed by atoms with Crippen molar-refractivity contribution in [3.8, 4) is 0 Å². The van der Waals surface area contributed by atoms with Crippen LogP contribution in [-0.4, -0.2) is 18.9 Å². The molecular weight excluding hydrogens is 246 g/mol. The van der Waals surface area contributed by atoms with Gasteiger partial charge in [0.1, 0.15) is 5.82 Å². The molecule has 1 aromatic rings. The average molecular weight is 251 g/mol. The van der Waals surface area contributed by atoms with E-state index < -0.39 is 17.6 Å². The van der Waals surface area contributed by atoms with Gasteiger partial charge in [-0.3, -0.25) is 4.79 Å². The molecule has 0 bridgehead atoms. The second-order valence-corrected chi connectivity index (χ2v) is 3.38. The number of methoxy groups -OCH3 is 1. The minimum Gasteiger partial charge on any atom is -0.463 e. The lowest BCUT2D eigenvalue weighted by molar-refractivity contribution is -0.135. The van der Waals surface area contributed by atoms with Crippen LogP contribution in [0.2, 0.25) is 10.0 Å². The summed E-state index contributed by atoms with van der Waals surface area (Å²) >= 11 is 11.0. The van der Waals surface area contributed by atoms with Crippen molar-refractivity contribution < 1.29 is 18.7 Å². The molecule has 80 valence electrons. The second kappa shape index (κ2) is 4.59. The second-order valence-electron chi connectivity index (χ2n) is 2.57. The van der Waals surface area contributed by atoms with E-state index in [1.54, 1.807) is 0 Å². The molecule has 0 N–H and O–H groups in total. The van der Waals surface area contributed by atoms with Gasteiger partial charge in [-0.25, -0.2) is 9.18 Å². The third-order valence-corrected chi connectivity index (χ3v) is 2.23. The summed E-state index contributed by atoms with van der Waals surface area (Å²) in [5.74, 6) is -2.81. The van der Waals surface area contributed by atoms with E-state index in [0.29, 0.717) is 0 Å². The van der Waals surface area contributed by atoms with Gasteiger partial charge in [-0.05, 0) is 12.1 Å². The lowest BCUT2D eigenvalue weighted by atomic mass is 10.1. The number of hydrogen-bond acceptors (Lipinski definition) is 3. The lowest BCUT2D eigenvalue weighted by Gasteiger charge is -2.03. The van der Waals surface area contributed by atoms with E-state index in [4.69, 9.17) is 23.2 Å². The standard InChI is InChI=1S/C9H5Cl2FO3/c1-15-9(14)8(13)4-2-6(11)7(12)3-5(4)10/h2-3H,1H3. The van der Waals surface area contributed by atoms with Crippen molar-refractivity contribution in [2.24, 2.45) is 0 Å². The molecule has 6 heteroatoms. The van der Waals surface area contributed by atoms with Crippen molar-refractivity contribution in [1.82, 2.24) is 0 Å². The Labute approximate surface area is 94.7 Å². The first-order valence-electron chi connectivity index (χ1n) is 3.74. The smallest absolute Gasteiger partial charge is 0.379 e. The van der Waals surface area contributed by atoms with Gasteiger partial charge in [-0.1, -0.05) is 23.2 Å². The fraction of sp³-hybridized carbons (Fsp3) is 0.111. The number of hydrogen-bond donors (Lipinski definition) is 0. The van der Waals surface area contributed by atoms with Crippen molar-refractivity contribution in [3.63, 3.8) is 0 Å². The highest BCUT2D eigenvalue weighted by Gasteiger charge is 2.21. The normalized spacial score (nSPS) is 9.87. The summed E-state index contributed by atoms with van der Waals surface area (Å²) in [6.07, 6.45) is 0. The summed E-state index contributed by atoms with van der Waals surface area (Å²) in [6.45, 7) is 0. The Kier molecular flexibility index (Phi) is 3.66. The summed E-state index contributed by atoms with van der Waals surface area (Å²) in [5.41, 5.74) is -0.185. The molecule has 0 aliphatic heterocycles. The van der Waals surface area contributed by atoms with E-state index in [2.05, 4.69) is 4.74 Å². The molecule has 0 aliphatic rings. The van der Waals surface area contributed by atoms with Crippen LogP contribution in [0.1, 0.15) is 10.4 Å².